The highest BCUT2D eigenvalue weighted by Gasteiger charge is 2.18. The van der Waals surface area contributed by atoms with E-state index in [2.05, 4.69) is 28.6 Å². The highest BCUT2D eigenvalue weighted by molar-refractivity contribution is 6.04. The number of carbonyl (C=O) groups is 1. The Labute approximate surface area is 156 Å². The summed E-state index contributed by atoms with van der Waals surface area (Å²) in [5.74, 6) is -0.303. The molecule has 3 aromatic carbocycles. The molecule has 4 rings (SSSR count). The first-order chi connectivity index (χ1) is 13.0. The van der Waals surface area contributed by atoms with E-state index in [1.54, 1.807) is 31.3 Å². The second kappa shape index (κ2) is 6.68. The van der Waals surface area contributed by atoms with Gasteiger partial charge in [0.05, 0.1) is 11.4 Å². The molecule has 0 bridgehead atoms. The normalized spacial score (nSPS) is 12.2. The van der Waals surface area contributed by atoms with Gasteiger partial charge in [-0.05, 0) is 35.4 Å². The number of rotatable bonds is 3. The van der Waals surface area contributed by atoms with Crippen molar-refractivity contribution < 1.29 is 4.79 Å². The van der Waals surface area contributed by atoms with Gasteiger partial charge >= 0.3 is 0 Å². The molecule has 0 fully saturated rings. The monoisotopic (exact) mass is 357 g/mol. The second-order valence-electron chi connectivity index (χ2n) is 6.62. The van der Waals surface area contributed by atoms with E-state index in [9.17, 15) is 9.59 Å². The molecule has 4 aromatic rings. The number of hydrogen-bond acceptors (Lipinski definition) is 3. The van der Waals surface area contributed by atoms with Gasteiger partial charge in [0, 0.05) is 12.4 Å². The maximum absolute atomic E-state index is 12.9. The topological polar surface area (TPSA) is 64.0 Å². The van der Waals surface area contributed by atoms with Crippen molar-refractivity contribution in [3.05, 3.63) is 88.3 Å². The van der Waals surface area contributed by atoms with E-state index in [4.69, 9.17) is 0 Å². The highest BCUT2D eigenvalue weighted by Crippen LogP contribution is 2.21. The summed E-state index contributed by atoms with van der Waals surface area (Å²) < 4.78 is 1.21. The van der Waals surface area contributed by atoms with Gasteiger partial charge in [-0.2, -0.15) is 5.10 Å². The average Bonchev–Trinajstić information content (AvgIpc) is 2.70. The van der Waals surface area contributed by atoms with Crippen molar-refractivity contribution in [1.82, 2.24) is 15.1 Å². The summed E-state index contributed by atoms with van der Waals surface area (Å²) in [7, 11) is 1.55. The molecule has 5 heteroatoms. The van der Waals surface area contributed by atoms with Crippen molar-refractivity contribution in [2.45, 2.75) is 13.0 Å². The number of carbonyl (C=O) groups excluding carboxylic acids is 1. The summed E-state index contributed by atoms with van der Waals surface area (Å²) in [6.07, 6.45) is 0. The fourth-order valence-electron chi connectivity index (χ4n) is 3.29. The van der Waals surface area contributed by atoms with Crippen LogP contribution in [0.2, 0.25) is 0 Å². The number of fused-ring (bicyclic) bond motifs is 2. The molecule has 134 valence electrons. The molecule has 1 N–H and O–H groups in total. The van der Waals surface area contributed by atoms with Gasteiger partial charge in [0.15, 0.2) is 5.69 Å². The Kier molecular flexibility index (Phi) is 4.20. The zero-order valence-electron chi connectivity index (χ0n) is 15.1. The van der Waals surface area contributed by atoms with Gasteiger partial charge in [0.25, 0.3) is 11.5 Å². The maximum atomic E-state index is 12.9. The first-order valence-electron chi connectivity index (χ1n) is 8.80. The van der Waals surface area contributed by atoms with Crippen LogP contribution in [-0.4, -0.2) is 15.7 Å². The Hall–Kier alpha value is -3.47. The number of nitrogens with zero attached hydrogens (tertiary/aromatic N) is 2. The molecule has 0 aliphatic carbocycles. The number of amides is 1. The smallest absolute Gasteiger partial charge is 0.274 e. The third-order valence-corrected chi connectivity index (χ3v) is 4.79. The summed E-state index contributed by atoms with van der Waals surface area (Å²) in [5.41, 5.74) is 1.04. The Morgan fingerprint density at radius 3 is 2.41 bits per heavy atom. The summed E-state index contributed by atoms with van der Waals surface area (Å²) in [6.45, 7) is 1.94. The lowest BCUT2D eigenvalue weighted by atomic mass is 10.0. The molecule has 5 nitrogen and oxygen atoms in total. The highest BCUT2D eigenvalue weighted by atomic mass is 16.2. The summed E-state index contributed by atoms with van der Waals surface area (Å²) >= 11 is 0. The van der Waals surface area contributed by atoms with Gasteiger partial charge in [-0.3, -0.25) is 9.59 Å². The molecule has 0 saturated heterocycles. The zero-order valence-corrected chi connectivity index (χ0v) is 15.1. The van der Waals surface area contributed by atoms with Gasteiger partial charge in [-0.1, -0.05) is 54.6 Å². The van der Waals surface area contributed by atoms with Crippen molar-refractivity contribution >= 4 is 27.5 Å². The van der Waals surface area contributed by atoms with Crippen LogP contribution < -0.4 is 10.9 Å². The Bertz CT molecular complexity index is 1230. The molecule has 0 radical (unpaired) electrons. The molecular formula is C22H19N3O2. The number of hydrogen-bond donors (Lipinski definition) is 1. The van der Waals surface area contributed by atoms with Crippen LogP contribution in [-0.2, 0) is 7.05 Å². The minimum absolute atomic E-state index is 0.195. The fourth-order valence-corrected chi connectivity index (χ4v) is 3.29. The van der Waals surface area contributed by atoms with Crippen LogP contribution in [0.5, 0.6) is 0 Å². The fraction of sp³-hybridized carbons (Fsp3) is 0.136. The molecule has 1 amide bonds. The van der Waals surface area contributed by atoms with Crippen molar-refractivity contribution in [1.29, 1.82) is 0 Å². The summed E-state index contributed by atoms with van der Waals surface area (Å²) in [4.78, 5) is 25.1. The van der Waals surface area contributed by atoms with Crippen LogP contribution in [0.1, 0.15) is 29.0 Å². The van der Waals surface area contributed by atoms with Gasteiger partial charge in [0.2, 0.25) is 0 Å². The van der Waals surface area contributed by atoms with Crippen LogP contribution in [0.4, 0.5) is 0 Å². The molecule has 1 atom stereocenters. The molecule has 0 aliphatic heterocycles. The van der Waals surface area contributed by atoms with Crippen LogP contribution >= 0.6 is 0 Å². The van der Waals surface area contributed by atoms with E-state index in [-0.39, 0.29) is 23.2 Å². The molecule has 0 spiro atoms. The summed E-state index contributed by atoms with van der Waals surface area (Å²) in [5, 5.41) is 10.5. The molecule has 27 heavy (non-hydrogen) atoms. The lowest BCUT2D eigenvalue weighted by Crippen LogP contribution is -2.31. The SMILES string of the molecule is CC(NC(=O)c1nn(C)c(=O)c2ccccc12)c1ccc2ccccc2c1. The molecule has 1 heterocycles. The van der Waals surface area contributed by atoms with E-state index >= 15 is 0 Å². The van der Waals surface area contributed by atoms with E-state index in [0.29, 0.717) is 10.8 Å². The maximum Gasteiger partial charge on any atom is 0.274 e. The van der Waals surface area contributed by atoms with Crippen molar-refractivity contribution in [3.8, 4) is 0 Å². The van der Waals surface area contributed by atoms with Gasteiger partial charge in [-0.25, -0.2) is 4.68 Å². The third-order valence-electron chi connectivity index (χ3n) is 4.79. The first kappa shape index (κ1) is 17.0. The standard InChI is InChI=1S/C22H19N3O2/c1-14(16-12-11-15-7-3-4-8-17(15)13-16)23-21(26)20-18-9-5-6-10-19(18)22(27)25(2)24-20/h3-14H,1-2H3,(H,23,26). The van der Waals surface area contributed by atoms with E-state index in [1.165, 1.54) is 4.68 Å². The average molecular weight is 357 g/mol. The minimum Gasteiger partial charge on any atom is -0.344 e. The molecule has 0 saturated carbocycles. The molecule has 1 unspecified atom stereocenters. The lowest BCUT2D eigenvalue weighted by molar-refractivity contribution is 0.0934. The number of aromatic nitrogens is 2. The number of aryl methyl sites for hydroxylation is 1. The van der Waals surface area contributed by atoms with Gasteiger partial charge in [-0.15, -0.1) is 0 Å². The predicted molar refractivity (Wildman–Crippen MR) is 107 cm³/mol. The first-order valence-corrected chi connectivity index (χ1v) is 8.80. The zero-order chi connectivity index (χ0) is 19.0. The van der Waals surface area contributed by atoms with Crippen LogP contribution in [0.15, 0.2) is 71.5 Å². The van der Waals surface area contributed by atoms with Crippen molar-refractivity contribution in [2.75, 3.05) is 0 Å². The number of benzene rings is 3. The van der Waals surface area contributed by atoms with E-state index in [1.807, 2.05) is 31.2 Å². The van der Waals surface area contributed by atoms with Crippen LogP contribution in [0.25, 0.3) is 21.5 Å². The Morgan fingerprint density at radius 2 is 1.63 bits per heavy atom. The third kappa shape index (κ3) is 3.08. The van der Waals surface area contributed by atoms with Crippen LogP contribution in [0, 0.1) is 0 Å². The predicted octanol–water partition coefficient (Wildman–Crippen LogP) is 3.58. The van der Waals surface area contributed by atoms with Gasteiger partial charge < -0.3 is 5.32 Å². The Morgan fingerprint density at radius 1 is 0.963 bits per heavy atom. The van der Waals surface area contributed by atoms with Crippen molar-refractivity contribution in [2.24, 2.45) is 7.05 Å². The minimum atomic E-state index is -0.303. The molecule has 0 aliphatic rings. The van der Waals surface area contributed by atoms with E-state index < -0.39 is 0 Å². The Balaban J connectivity index is 1.68. The largest absolute Gasteiger partial charge is 0.344 e. The van der Waals surface area contributed by atoms with E-state index in [0.717, 1.165) is 16.3 Å². The molecular weight excluding hydrogens is 338 g/mol. The number of nitrogens with one attached hydrogen (secondary N) is 1. The summed E-state index contributed by atoms with van der Waals surface area (Å²) in [6, 6.07) is 21.1. The van der Waals surface area contributed by atoms with Gasteiger partial charge in [0.1, 0.15) is 0 Å². The van der Waals surface area contributed by atoms with Crippen molar-refractivity contribution in [3.63, 3.8) is 0 Å². The lowest BCUT2D eigenvalue weighted by Gasteiger charge is -2.16. The quantitative estimate of drug-likeness (QED) is 0.609. The molecule has 1 aromatic heterocycles. The second-order valence-corrected chi connectivity index (χ2v) is 6.62. The van der Waals surface area contributed by atoms with Crippen LogP contribution in [0.3, 0.4) is 0 Å².